The van der Waals surface area contributed by atoms with E-state index in [4.69, 9.17) is 4.74 Å². The van der Waals surface area contributed by atoms with E-state index in [0.29, 0.717) is 13.1 Å². The molecule has 2 aromatic rings. The summed E-state index contributed by atoms with van der Waals surface area (Å²) in [6, 6.07) is 16.7. The van der Waals surface area contributed by atoms with Gasteiger partial charge in [0.25, 0.3) is 0 Å². The van der Waals surface area contributed by atoms with Gasteiger partial charge in [-0.2, -0.15) is 0 Å². The molecule has 2 aromatic carbocycles. The third-order valence-electron chi connectivity index (χ3n) is 8.22. The zero-order valence-corrected chi connectivity index (χ0v) is 21.9. The van der Waals surface area contributed by atoms with Crippen LogP contribution >= 0.6 is 31.9 Å². The third-order valence-corrected chi connectivity index (χ3v) is 9.28. The molecule has 0 spiro atoms. The summed E-state index contributed by atoms with van der Waals surface area (Å²) in [5.41, 5.74) is 2.31. The highest BCUT2D eigenvalue weighted by Crippen LogP contribution is 2.55. The minimum absolute atomic E-state index is 0.0457. The first kappa shape index (κ1) is 22.1. The molecular weight excluding hydrogens is 544 g/mol. The van der Waals surface area contributed by atoms with E-state index in [1.807, 2.05) is 4.90 Å². The lowest BCUT2D eigenvalue weighted by Gasteiger charge is -2.57. The standard InChI is InChI=1S/C27H30Br2N2O2/c28-22-5-1-20(2-6-22)25(21-3-7-23(29)8-4-21)33-24-15-31(16-24)26(32)30-27-12-17-9-18(13-27)11-19(10-17)14-27/h1-8,17-19,24-25H,9-16H2,(H,30,32). The maximum absolute atomic E-state index is 13.1. The number of hydrogen-bond acceptors (Lipinski definition) is 2. The van der Waals surface area contributed by atoms with Crippen molar-refractivity contribution in [2.24, 2.45) is 17.8 Å². The minimum atomic E-state index is -0.149. The van der Waals surface area contributed by atoms with Crippen LogP contribution < -0.4 is 5.32 Å². The van der Waals surface area contributed by atoms with Crippen LogP contribution in [0.3, 0.4) is 0 Å². The second kappa shape index (κ2) is 8.69. The lowest BCUT2D eigenvalue weighted by Crippen LogP contribution is -2.65. The van der Waals surface area contributed by atoms with E-state index in [0.717, 1.165) is 37.8 Å². The summed E-state index contributed by atoms with van der Waals surface area (Å²) in [6.45, 7) is 1.31. The number of nitrogens with zero attached hydrogens (tertiary/aromatic N) is 1. The molecule has 2 amide bonds. The van der Waals surface area contributed by atoms with E-state index < -0.39 is 0 Å². The molecule has 4 saturated carbocycles. The van der Waals surface area contributed by atoms with Crippen LogP contribution in [0.25, 0.3) is 0 Å². The van der Waals surface area contributed by atoms with Gasteiger partial charge in [0.1, 0.15) is 6.10 Å². The van der Waals surface area contributed by atoms with Crippen molar-refractivity contribution in [1.29, 1.82) is 0 Å². The van der Waals surface area contributed by atoms with Gasteiger partial charge in [0.05, 0.1) is 19.2 Å². The molecule has 1 N–H and O–H groups in total. The van der Waals surface area contributed by atoms with Gasteiger partial charge in [0, 0.05) is 14.5 Å². The Kier molecular flexibility index (Phi) is 5.82. The summed E-state index contributed by atoms with van der Waals surface area (Å²) in [5, 5.41) is 3.50. The maximum Gasteiger partial charge on any atom is 0.318 e. The summed E-state index contributed by atoms with van der Waals surface area (Å²) in [5.74, 6) is 2.50. The zero-order chi connectivity index (χ0) is 22.6. The molecule has 4 aliphatic carbocycles. The monoisotopic (exact) mass is 572 g/mol. The highest BCUT2D eigenvalue weighted by atomic mass is 79.9. The fourth-order valence-electron chi connectivity index (χ4n) is 7.08. The van der Waals surface area contributed by atoms with E-state index in [1.165, 1.54) is 38.5 Å². The second-order valence-electron chi connectivity index (χ2n) is 10.8. The van der Waals surface area contributed by atoms with Crippen molar-refractivity contribution in [1.82, 2.24) is 10.2 Å². The molecule has 0 atom stereocenters. The fourth-order valence-corrected chi connectivity index (χ4v) is 7.61. The Hall–Kier alpha value is -1.37. The summed E-state index contributed by atoms with van der Waals surface area (Å²) in [7, 11) is 0. The Labute approximate surface area is 212 Å². The van der Waals surface area contributed by atoms with Crippen LogP contribution in [-0.4, -0.2) is 35.7 Å². The van der Waals surface area contributed by atoms with Crippen molar-refractivity contribution < 1.29 is 9.53 Å². The fraction of sp³-hybridized carbons (Fsp3) is 0.519. The summed E-state index contributed by atoms with van der Waals surface area (Å²) >= 11 is 7.05. The summed E-state index contributed by atoms with van der Waals surface area (Å²) < 4.78 is 8.67. The molecule has 6 heteroatoms. The molecule has 4 bridgehead atoms. The van der Waals surface area contributed by atoms with E-state index in [2.05, 4.69) is 85.7 Å². The molecule has 7 rings (SSSR count). The predicted molar refractivity (Wildman–Crippen MR) is 136 cm³/mol. The van der Waals surface area contributed by atoms with Gasteiger partial charge in [-0.25, -0.2) is 4.79 Å². The number of likely N-dealkylation sites (tertiary alicyclic amines) is 1. The molecule has 1 heterocycles. The lowest BCUT2D eigenvalue weighted by molar-refractivity contribution is -0.0690. The predicted octanol–water partition coefficient (Wildman–Crippen LogP) is 6.68. The Bertz CT molecular complexity index is 937. The number of carbonyl (C=O) groups is 1. The average Bonchev–Trinajstić information content (AvgIpc) is 2.73. The molecular formula is C27H30Br2N2O2. The number of ether oxygens (including phenoxy) is 1. The maximum atomic E-state index is 13.1. The number of urea groups is 1. The number of amides is 2. The van der Waals surface area contributed by atoms with E-state index in [9.17, 15) is 4.79 Å². The summed E-state index contributed by atoms with van der Waals surface area (Å²) in [6.07, 6.45) is 7.64. The van der Waals surface area contributed by atoms with Gasteiger partial charge in [-0.05, 0) is 91.7 Å². The van der Waals surface area contributed by atoms with Crippen molar-refractivity contribution in [2.75, 3.05) is 13.1 Å². The van der Waals surface area contributed by atoms with Crippen molar-refractivity contribution in [2.45, 2.75) is 56.3 Å². The number of rotatable bonds is 5. The number of halogens is 2. The summed E-state index contributed by atoms with van der Waals surface area (Å²) in [4.78, 5) is 15.0. The van der Waals surface area contributed by atoms with Crippen LogP contribution in [0.1, 0.15) is 55.8 Å². The van der Waals surface area contributed by atoms with Crippen molar-refractivity contribution in [3.05, 3.63) is 68.6 Å². The minimum Gasteiger partial charge on any atom is -0.362 e. The molecule has 4 nitrogen and oxygen atoms in total. The van der Waals surface area contributed by atoms with Gasteiger partial charge in [0.15, 0.2) is 0 Å². The highest BCUT2D eigenvalue weighted by molar-refractivity contribution is 9.10. The largest absolute Gasteiger partial charge is 0.362 e. The highest BCUT2D eigenvalue weighted by Gasteiger charge is 2.52. The number of hydrogen-bond donors (Lipinski definition) is 1. The molecule has 1 aliphatic heterocycles. The van der Waals surface area contributed by atoms with Crippen LogP contribution in [0.15, 0.2) is 57.5 Å². The van der Waals surface area contributed by atoms with Gasteiger partial charge in [-0.3, -0.25) is 0 Å². The molecule has 1 saturated heterocycles. The van der Waals surface area contributed by atoms with Crippen LogP contribution in [0.4, 0.5) is 4.79 Å². The van der Waals surface area contributed by atoms with Gasteiger partial charge >= 0.3 is 6.03 Å². The van der Waals surface area contributed by atoms with Crippen molar-refractivity contribution >= 4 is 37.9 Å². The topological polar surface area (TPSA) is 41.6 Å². The van der Waals surface area contributed by atoms with Gasteiger partial charge in [-0.1, -0.05) is 56.1 Å². The number of carbonyl (C=O) groups excluding carboxylic acids is 1. The van der Waals surface area contributed by atoms with Gasteiger partial charge in [-0.15, -0.1) is 0 Å². The zero-order valence-electron chi connectivity index (χ0n) is 18.7. The van der Waals surface area contributed by atoms with Crippen LogP contribution in [0, 0.1) is 17.8 Å². The first-order valence-corrected chi connectivity index (χ1v) is 13.8. The van der Waals surface area contributed by atoms with Gasteiger partial charge in [0.2, 0.25) is 0 Å². The third kappa shape index (κ3) is 4.51. The quantitative estimate of drug-likeness (QED) is 0.433. The van der Waals surface area contributed by atoms with E-state index in [-0.39, 0.29) is 23.8 Å². The Morgan fingerprint density at radius 3 is 1.76 bits per heavy atom. The first-order valence-electron chi connectivity index (χ1n) is 12.2. The van der Waals surface area contributed by atoms with Gasteiger partial charge < -0.3 is 15.0 Å². The van der Waals surface area contributed by atoms with Crippen molar-refractivity contribution in [3.8, 4) is 0 Å². The normalized spacial score (nSPS) is 30.5. The number of benzene rings is 2. The smallest absolute Gasteiger partial charge is 0.318 e. The molecule has 5 aliphatic rings. The van der Waals surface area contributed by atoms with Crippen LogP contribution in [0.2, 0.25) is 0 Å². The van der Waals surface area contributed by atoms with E-state index >= 15 is 0 Å². The average molecular weight is 574 g/mol. The Morgan fingerprint density at radius 2 is 1.30 bits per heavy atom. The number of nitrogens with one attached hydrogen (secondary N) is 1. The second-order valence-corrected chi connectivity index (χ2v) is 12.6. The molecule has 0 aromatic heterocycles. The Morgan fingerprint density at radius 1 is 0.848 bits per heavy atom. The molecule has 0 unspecified atom stereocenters. The van der Waals surface area contributed by atoms with Crippen LogP contribution in [-0.2, 0) is 4.74 Å². The van der Waals surface area contributed by atoms with Crippen LogP contribution in [0.5, 0.6) is 0 Å². The van der Waals surface area contributed by atoms with E-state index in [1.54, 1.807) is 0 Å². The van der Waals surface area contributed by atoms with Crippen molar-refractivity contribution in [3.63, 3.8) is 0 Å². The molecule has 0 radical (unpaired) electrons. The SMILES string of the molecule is O=C(NC12CC3CC(CC(C3)C1)C2)N1CC(OC(c2ccc(Br)cc2)c2ccc(Br)cc2)C1. The molecule has 33 heavy (non-hydrogen) atoms. The lowest BCUT2D eigenvalue weighted by atomic mass is 9.53. The molecule has 174 valence electrons. The first-order chi connectivity index (χ1) is 15.9. The molecule has 5 fully saturated rings. The Balaban J connectivity index is 1.10.